The fourth-order valence-electron chi connectivity index (χ4n) is 1.58. The normalized spacial score (nSPS) is 10.6. The molecule has 1 aromatic carbocycles. The molecule has 0 spiro atoms. The molecule has 0 fully saturated rings. The summed E-state index contributed by atoms with van der Waals surface area (Å²) in [7, 11) is 0. The van der Waals surface area contributed by atoms with Crippen LogP contribution < -0.4 is 10.1 Å². The highest BCUT2D eigenvalue weighted by atomic mass is 79.9. The molecule has 0 bridgehead atoms. The van der Waals surface area contributed by atoms with Crippen molar-refractivity contribution in [3.63, 3.8) is 0 Å². The first-order valence-electron chi connectivity index (χ1n) is 6.08. The van der Waals surface area contributed by atoms with E-state index in [-0.39, 0.29) is 5.82 Å². The van der Waals surface area contributed by atoms with Gasteiger partial charge in [-0.05, 0) is 46.2 Å². The standard InChI is InChI=1S/C14H13BrClFN2O/c1-2-18-7-9-5-14(19-8-12(9)16)20-13-4-3-10(17)6-11(13)15/h3-6,8,18H,2,7H2,1H3. The molecule has 1 heterocycles. The lowest BCUT2D eigenvalue weighted by Crippen LogP contribution is -2.12. The van der Waals surface area contributed by atoms with Gasteiger partial charge in [-0.15, -0.1) is 0 Å². The summed E-state index contributed by atoms with van der Waals surface area (Å²) in [6.07, 6.45) is 1.54. The van der Waals surface area contributed by atoms with Gasteiger partial charge in [0.1, 0.15) is 11.6 Å². The topological polar surface area (TPSA) is 34.1 Å². The Morgan fingerprint density at radius 2 is 2.20 bits per heavy atom. The first-order valence-corrected chi connectivity index (χ1v) is 7.25. The molecular formula is C14H13BrClFN2O. The summed E-state index contributed by atoms with van der Waals surface area (Å²) >= 11 is 9.32. The molecule has 3 nitrogen and oxygen atoms in total. The molecule has 0 unspecified atom stereocenters. The van der Waals surface area contributed by atoms with Crippen LogP contribution in [0.1, 0.15) is 12.5 Å². The summed E-state index contributed by atoms with van der Waals surface area (Å²) in [5.41, 5.74) is 0.900. The number of halogens is 3. The summed E-state index contributed by atoms with van der Waals surface area (Å²) in [6, 6.07) is 5.97. The predicted octanol–water partition coefficient (Wildman–Crippen LogP) is 4.54. The van der Waals surface area contributed by atoms with Crippen LogP contribution >= 0.6 is 27.5 Å². The van der Waals surface area contributed by atoms with Crippen LogP contribution in [0.2, 0.25) is 5.02 Å². The fourth-order valence-corrected chi connectivity index (χ4v) is 2.18. The molecule has 0 saturated carbocycles. The zero-order valence-electron chi connectivity index (χ0n) is 10.8. The maximum absolute atomic E-state index is 13.0. The van der Waals surface area contributed by atoms with E-state index in [4.69, 9.17) is 16.3 Å². The maximum atomic E-state index is 13.0. The van der Waals surface area contributed by atoms with Crippen LogP contribution in [-0.4, -0.2) is 11.5 Å². The van der Waals surface area contributed by atoms with Gasteiger partial charge in [0.2, 0.25) is 5.88 Å². The Hall–Kier alpha value is -1.17. The summed E-state index contributed by atoms with van der Waals surface area (Å²) in [6.45, 7) is 3.50. The van der Waals surface area contributed by atoms with Gasteiger partial charge < -0.3 is 10.1 Å². The van der Waals surface area contributed by atoms with Crippen LogP contribution in [0.15, 0.2) is 34.9 Å². The van der Waals surface area contributed by atoms with E-state index >= 15 is 0 Å². The van der Waals surface area contributed by atoms with E-state index in [0.717, 1.165) is 12.1 Å². The summed E-state index contributed by atoms with van der Waals surface area (Å²) in [5, 5.41) is 3.77. The highest BCUT2D eigenvalue weighted by Gasteiger charge is 2.08. The lowest BCUT2D eigenvalue weighted by atomic mass is 10.2. The van der Waals surface area contributed by atoms with Crippen molar-refractivity contribution in [2.24, 2.45) is 0 Å². The first-order chi connectivity index (χ1) is 9.60. The Kier molecular flexibility index (Phi) is 5.34. The number of rotatable bonds is 5. The van der Waals surface area contributed by atoms with Crippen molar-refractivity contribution >= 4 is 27.5 Å². The lowest BCUT2D eigenvalue weighted by Gasteiger charge is -2.10. The van der Waals surface area contributed by atoms with Crippen LogP contribution in [0.4, 0.5) is 4.39 Å². The molecule has 1 N–H and O–H groups in total. The quantitative estimate of drug-likeness (QED) is 0.851. The smallest absolute Gasteiger partial charge is 0.219 e. The highest BCUT2D eigenvalue weighted by Crippen LogP contribution is 2.30. The van der Waals surface area contributed by atoms with Crippen LogP contribution in [0, 0.1) is 5.82 Å². The molecule has 0 amide bonds. The van der Waals surface area contributed by atoms with Gasteiger partial charge in [0.15, 0.2) is 0 Å². The van der Waals surface area contributed by atoms with E-state index in [2.05, 4.69) is 26.2 Å². The zero-order valence-corrected chi connectivity index (χ0v) is 13.1. The number of nitrogens with one attached hydrogen (secondary N) is 1. The van der Waals surface area contributed by atoms with Crippen LogP contribution in [-0.2, 0) is 6.54 Å². The van der Waals surface area contributed by atoms with Crippen molar-refractivity contribution in [3.05, 3.63) is 51.3 Å². The molecule has 0 aliphatic carbocycles. The highest BCUT2D eigenvalue weighted by molar-refractivity contribution is 9.10. The van der Waals surface area contributed by atoms with Crippen molar-refractivity contribution in [3.8, 4) is 11.6 Å². The van der Waals surface area contributed by atoms with Crippen molar-refractivity contribution in [1.29, 1.82) is 0 Å². The SMILES string of the molecule is CCNCc1cc(Oc2ccc(F)cc2Br)ncc1Cl. The van der Waals surface area contributed by atoms with Gasteiger partial charge in [-0.1, -0.05) is 18.5 Å². The molecule has 20 heavy (non-hydrogen) atoms. The molecule has 1 aromatic heterocycles. The minimum Gasteiger partial charge on any atom is -0.438 e. The molecule has 0 radical (unpaired) electrons. The van der Waals surface area contributed by atoms with Crippen LogP contribution in [0.25, 0.3) is 0 Å². The number of benzene rings is 1. The average molecular weight is 360 g/mol. The van der Waals surface area contributed by atoms with E-state index in [1.54, 1.807) is 18.3 Å². The number of pyridine rings is 1. The maximum Gasteiger partial charge on any atom is 0.219 e. The van der Waals surface area contributed by atoms with Crippen molar-refractivity contribution < 1.29 is 9.13 Å². The van der Waals surface area contributed by atoms with Crippen molar-refractivity contribution in [2.45, 2.75) is 13.5 Å². The average Bonchev–Trinajstić information content (AvgIpc) is 2.42. The van der Waals surface area contributed by atoms with E-state index in [1.807, 2.05) is 6.92 Å². The molecule has 0 saturated heterocycles. The van der Waals surface area contributed by atoms with Gasteiger partial charge in [-0.25, -0.2) is 9.37 Å². The molecule has 2 aromatic rings. The second-order valence-electron chi connectivity index (χ2n) is 4.07. The summed E-state index contributed by atoms with van der Waals surface area (Å²) in [4.78, 5) is 4.11. The summed E-state index contributed by atoms with van der Waals surface area (Å²) < 4.78 is 19.2. The Bertz CT molecular complexity index is 610. The Labute approximate surface area is 130 Å². The van der Waals surface area contributed by atoms with Gasteiger partial charge in [0.05, 0.1) is 9.50 Å². The second-order valence-corrected chi connectivity index (χ2v) is 5.33. The van der Waals surface area contributed by atoms with Gasteiger partial charge >= 0.3 is 0 Å². The molecule has 0 aliphatic heterocycles. The third kappa shape index (κ3) is 3.91. The van der Waals surface area contributed by atoms with Crippen molar-refractivity contribution in [1.82, 2.24) is 10.3 Å². The Morgan fingerprint density at radius 1 is 1.40 bits per heavy atom. The summed E-state index contributed by atoms with van der Waals surface area (Å²) in [5.74, 6) is 0.575. The molecule has 0 atom stereocenters. The van der Waals surface area contributed by atoms with Gasteiger partial charge in [0, 0.05) is 18.8 Å². The van der Waals surface area contributed by atoms with Crippen LogP contribution in [0.3, 0.4) is 0 Å². The van der Waals surface area contributed by atoms with Crippen molar-refractivity contribution in [2.75, 3.05) is 6.54 Å². The lowest BCUT2D eigenvalue weighted by molar-refractivity contribution is 0.457. The molecule has 6 heteroatoms. The fraction of sp³-hybridized carbons (Fsp3) is 0.214. The number of ether oxygens (including phenoxy) is 1. The van der Waals surface area contributed by atoms with E-state index in [1.165, 1.54) is 12.1 Å². The van der Waals surface area contributed by atoms with Crippen LogP contribution in [0.5, 0.6) is 11.6 Å². The van der Waals surface area contributed by atoms with Gasteiger partial charge in [0.25, 0.3) is 0 Å². The molecule has 0 aliphatic rings. The Balaban J connectivity index is 2.20. The zero-order chi connectivity index (χ0) is 14.5. The van der Waals surface area contributed by atoms with Gasteiger partial charge in [-0.3, -0.25) is 0 Å². The number of hydrogen-bond donors (Lipinski definition) is 1. The predicted molar refractivity (Wildman–Crippen MR) is 80.8 cm³/mol. The molecular weight excluding hydrogens is 347 g/mol. The largest absolute Gasteiger partial charge is 0.438 e. The minimum atomic E-state index is -0.332. The number of hydrogen-bond acceptors (Lipinski definition) is 3. The number of nitrogens with zero attached hydrogens (tertiary/aromatic N) is 1. The minimum absolute atomic E-state index is 0.332. The molecule has 106 valence electrons. The van der Waals surface area contributed by atoms with E-state index in [0.29, 0.717) is 27.7 Å². The number of aromatic nitrogens is 1. The third-order valence-electron chi connectivity index (χ3n) is 2.58. The van der Waals surface area contributed by atoms with E-state index in [9.17, 15) is 4.39 Å². The van der Waals surface area contributed by atoms with E-state index < -0.39 is 0 Å². The second kappa shape index (κ2) is 7.02. The molecule has 2 rings (SSSR count). The Morgan fingerprint density at radius 3 is 2.90 bits per heavy atom. The monoisotopic (exact) mass is 358 g/mol. The third-order valence-corrected chi connectivity index (χ3v) is 3.54. The van der Waals surface area contributed by atoms with Gasteiger partial charge in [-0.2, -0.15) is 0 Å². The first kappa shape index (κ1) is 15.2.